The van der Waals surface area contributed by atoms with Gasteiger partial charge in [0.05, 0.1) is 0 Å². The Morgan fingerprint density at radius 2 is 2.00 bits per heavy atom. The Balaban J connectivity index is 2.86. The van der Waals surface area contributed by atoms with Crippen molar-refractivity contribution < 1.29 is 29.6 Å². The minimum atomic E-state index is -1.60. The number of carbonyl (C=O) groups is 2. The van der Waals surface area contributed by atoms with Crippen LogP contribution in [-0.2, 0) is 9.59 Å². The van der Waals surface area contributed by atoms with Crippen molar-refractivity contribution in [3.63, 3.8) is 0 Å². The van der Waals surface area contributed by atoms with Gasteiger partial charge in [-0.3, -0.25) is 0 Å². The van der Waals surface area contributed by atoms with Crippen LogP contribution in [0.25, 0.3) is 0 Å². The molecular weight excluding hydrogens is 228 g/mol. The van der Waals surface area contributed by atoms with Crippen LogP contribution >= 0.6 is 0 Å². The van der Waals surface area contributed by atoms with Crippen LogP contribution in [0.4, 0.5) is 0 Å². The number of carboxylic acid groups (broad SMARTS) is 2. The van der Waals surface area contributed by atoms with Crippen molar-refractivity contribution in [3.05, 3.63) is 29.3 Å². The van der Waals surface area contributed by atoms with Gasteiger partial charge in [-0.2, -0.15) is 0 Å². The summed E-state index contributed by atoms with van der Waals surface area (Å²) in [5.74, 6) is -2.10. The Labute approximate surface area is 97.1 Å². The summed E-state index contributed by atoms with van der Waals surface area (Å²) in [5.41, 5.74) is 0.779. The molecule has 1 unspecified atom stereocenters. The molecule has 0 heterocycles. The number of aliphatic hydroxyl groups excluding tert-OH is 1. The number of aryl methyl sites for hydroxylation is 1. The Hall–Kier alpha value is -2.08. The lowest BCUT2D eigenvalue weighted by Crippen LogP contribution is -2.12. The summed E-state index contributed by atoms with van der Waals surface area (Å²) in [6, 6.07) is 4.25. The Morgan fingerprint density at radius 1 is 1.35 bits per heavy atom. The van der Waals surface area contributed by atoms with Crippen LogP contribution in [0.1, 0.15) is 17.2 Å². The van der Waals surface area contributed by atoms with Crippen molar-refractivity contribution in [3.8, 4) is 5.75 Å². The molecule has 0 aliphatic carbocycles. The fourth-order valence-electron chi connectivity index (χ4n) is 1.29. The van der Waals surface area contributed by atoms with Crippen molar-refractivity contribution in [1.29, 1.82) is 0 Å². The van der Waals surface area contributed by atoms with E-state index < -0.39 is 24.6 Å². The highest BCUT2D eigenvalue weighted by Crippen LogP contribution is 2.22. The molecule has 1 aromatic carbocycles. The molecule has 1 aromatic rings. The van der Waals surface area contributed by atoms with E-state index >= 15 is 0 Å². The zero-order chi connectivity index (χ0) is 13.0. The SMILES string of the molecule is Cc1cc(C(O)C(=O)O)ccc1OCC(=O)O. The maximum Gasteiger partial charge on any atom is 0.341 e. The number of carboxylic acids is 2. The molecule has 0 amide bonds. The van der Waals surface area contributed by atoms with Gasteiger partial charge < -0.3 is 20.1 Å². The first kappa shape index (κ1) is 13.0. The Bertz CT molecular complexity index is 440. The summed E-state index contributed by atoms with van der Waals surface area (Å²) in [5, 5.41) is 26.3. The number of aliphatic hydroxyl groups is 1. The monoisotopic (exact) mass is 240 g/mol. The van der Waals surface area contributed by atoms with E-state index in [4.69, 9.17) is 14.9 Å². The molecule has 1 atom stereocenters. The molecule has 0 aromatic heterocycles. The van der Waals surface area contributed by atoms with E-state index in [9.17, 15) is 14.7 Å². The molecule has 6 heteroatoms. The highest BCUT2D eigenvalue weighted by molar-refractivity contribution is 5.74. The van der Waals surface area contributed by atoms with Crippen LogP contribution < -0.4 is 4.74 Å². The first-order valence-electron chi connectivity index (χ1n) is 4.78. The minimum Gasteiger partial charge on any atom is -0.482 e. The highest BCUT2D eigenvalue weighted by atomic mass is 16.5. The topological polar surface area (TPSA) is 104 Å². The van der Waals surface area contributed by atoms with Crippen LogP contribution in [0.5, 0.6) is 5.75 Å². The lowest BCUT2D eigenvalue weighted by atomic mass is 10.1. The lowest BCUT2D eigenvalue weighted by molar-refractivity contribution is -0.147. The Morgan fingerprint density at radius 3 is 2.47 bits per heavy atom. The normalized spacial score (nSPS) is 11.9. The summed E-state index contributed by atoms with van der Waals surface area (Å²) in [6.45, 7) is 1.16. The van der Waals surface area contributed by atoms with Gasteiger partial charge in [-0.15, -0.1) is 0 Å². The zero-order valence-electron chi connectivity index (χ0n) is 9.08. The maximum atomic E-state index is 10.6. The van der Waals surface area contributed by atoms with E-state index in [1.54, 1.807) is 6.92 Å². The van der Waals surface area contributed by atoms with Crippen molar-refractivity contribution in [2.45, 2.75) is 13.0 Å². The van der Waals surface area contributed by atoms with Gasteiger partial charge in [-0.25, -0.2) is 9.59 Å². The summed E-state index contributed by atoms with van der Waals surface area (Å²) in [7, 11) is 0. The second-order valence-corrected chi connectivity index (χ2v) is 3.45. The largest absolute Gasteiger partial charge is 0.482 e. The average Bonchev–Trinajstić information content (AvgIpc) is 2.26. The van der Waals surface area contributed by atoms with Gasteiger partial charge in [0.1, 0.15) is 5.75 Å². The van der Waals surface area contributed by atoms with E-state index in [0.29, 0.717) is 11.3 Å². The highest BCUT2D eigenvalue weighted by Gasteiger charge is 2.16. The summed E-state index contributed by atoms with van der Waals surface area (Å²) in [6.07, 6.45) is -1.60. The molecule has 1 rings (SSSR count). The van der Waals surface area contributed by atoms with Crippen LogP contribution in [0.3, 0.4) is 0 Å². The molecule has 0 spiro atoms. The molecule has 0 bridgehead atoms. The molecule has 3 N–H and O–H groups in total. The number of rotatable bonds is 5. The molecule has 0 aliphatic heterocycles. The predicted octanol–water partition coefficient (Wildman–Crippen LogP) is 0.576. The van der Waals surface area contributed by atoms with Crippen molar-refractivity contribution >= 4 is 11.9 Å². The quantitative estimate of drug-likeness (QED) is 0.695. The molecular formula is C11H12O6. The van der Waals surface area contributed by atoms with Gasteiger partial charge >= 0.3 is 11.9 Å². The number of hydrogen-bond donors (Lipinski definition) is 3. The number of ether oxygens (including phenoxy) is 1. The third kappa shape index (κ3) is 3.46. The van der Waals surface area contributed by atoms with Crippen LogP contribution in [-0.4, -0.2) is 33.9 Å². The van der Waals surface area contributed by atoms with E-state index in [-0.39, 0.29) is 5.56 Å². The van der Waals surface area contributed by atoms with Crippen LogP contribution in [0.15, 0.2) is 18.2 Å². The third-order valence-electron chi connectivity index (χ3n) is 2.10. The summed E-state index contributed by atoms with van der Waals surface area (Å²) < 4.78 is 4.96. The number of hydrogen-bond acceptors (Lipinski definition) is 4. The Kier molecular flexibility index (Phi) is 4.06. The average molecular weight is 240 g/mol. The standard InChI is InChI=1S/C11H12O6/c1-6-4-7(10(14)11(15)16)2-3-8(6)17-5-9(12)13/h2-4,10,14H,5H2,1H3,(H,12,13)(H,15,16). The van der Waals surface area contributed by atoms with Gasteiger partial charge in [-0.05, 0) is 30.2 Å². The molecule has 0 saturated heterocycles. The fourth-order valence-corrected chi connectivity index (χ4v) is 1.29. The lowest BCUT2D eigenvalue weighted by Gasteiger charge is -2.10. The van der Waals surface area contributed by atoms with Crippen molar-refractivity contribution in [2.75, 3.05) is 6.61 Å². The number of aliphatic carboxylic acids is 2. The first-order chi connectivity index (χ1) is 7.91. The van der Waals surface area contributed by atoms with Crippen LogP contribution in [0.2, 0.25) is 0 Å². The van der Waals surface area contributed by atoms with E-state index in [1.165, 1.54) is 18.2 Å². The molecule has 0 radical (unpaired) electrons. The summed E-state index contributed by atoms with van der Waals surface area (Å²) >= 11 is 0. The predicted molar refractivity (Wildman–Crippen MR) is 56.9 cm³/mol. The van der Waals surface area contributed by atoms with Gasteiger partial charge in [-0.1, -0.05) is 6.07 Å². The zero-order valence-corrected chi connectivity index (χ0v) is 9.08. The first-order valence-corrected chi connectivity index (χ1v) is 4.78. The molecule has 0 saturated carbocycles. The molecule has 0 aliphatic rings. The van der Waals surface area contributed by atoms with Crippen LogP contribution in [0, 0.1) is 6.92 Å². The van der Waals surface area contributed by atoms with Crippen molar-refractivity contribution in [2.24, 2.45) is 0 Å². The molecule has 0 fully saturated rings. The molecule has 92 valence electrons. The fraction of sp³-hybridized carbons (Fsp3) is 0.273. The van der Waals surface area contributed by atoms with Gasteiger partial charge in [0.25, 0.3) is 0 Å². The van der Waals surface area contributed by atoms with Gasteiger partial charge in [0.2, 0.25) is 0 Å². The maximum absolute atomic E-state index is 10.6. The van der Waals surface area contributed by atoms with E-state index in [1.807, 2.05) is 0 Å². The second kappa shape index (κ2) is 5.31. The smallest absolute Gasteiger partial charge is 0.341 e. The van der Waals surface area contributed by atoms with Gasteiger partial charge in [0, 0.05) is 0 Å². The van der Waals surface area contributed by atoms with E-state index in [0.717, 1.165) is 0 Å². The number of benzene rings is 1. The third-order valence-corrected chi connectivity index (χ3v) is 2.10. The second-order valence-electron chi connectivity index (χ2n) is 3.45. The molecule has 17 heavy (non-hydrogen) atoms. The van der Waals surface area contributed by atoms with Crippen molar-refractivity contribution in [1.82, 2.24) is 0 Å². The van der Waals surface area contributed by atoms with E-state index in [2.05, 4.69) is 0 Å². The minimum absolute atomic E-state index is 0.220. The summed E-state index contributed by atoms with van der Waals surface area (Å²) in [4.78, 5) is 20.9. The molecule has 6 nitrogen and oxygen atoms in total. The van der Waals surface area contributed by atoms with Gasteiger partial charge in [0.15, 0.2) is 12.7 Å².